The summed E-state index contributed by atoms with van der Waals surface area (Å²) in [5.41, 5.74) is 1.64. The SMILES string of the molecule is COC(=O)C(C)c1ccc2ccccc2n1. The highest BCUT2D eigenvalue weighted by molar-refractivity contribution is 5.81. The number of methoxy groups -OCH3 is 1. The number of nitrogens with zero attached hydrogens (tertiary/aromatic N) is 1. The van der Waals surface area contributed by atoms with Crippen LogP contribution in [0.2, 0.25) is 0 Å². The number of aromatic nitrogens is 1. The Morgan fingerprint density at radius 2 is 2.00 bits per heavy atom. The molecule has 0 saturated carbocycles. The molecule has 1 unspecified atom stereocenters. The maximum atomic E-state index is 11.4. The molecule has 3 heteroatoms. The third-order valence-electron chi connectivity index (χ3n) is 2.62. The second-order valence-corrected chi connectivity index (χ2v) is 3.67. The highest BCUT2D eigenvalue weighted by Gasteiger charge is 2.16. The molecule has 1 aromatic heterocycles. The van der Waals surface area contributed by atoms with E-state index in [0.29, 0.717) is 0 Å². The minimum atomic E-state index is -0.324. The number of carbonyl (C=O) groups excluding carboxylic acids is 1. The van der Waals surface area contributed by atoms with Gasteiger partial charge in [-0.05, 0) is 19.1 Å². The standard InChI is InChI=1S/C13H13NO2/c1-9(13(15)16-2)11-8-7-10-5-3-4-6-12(10)14-11/h3-9H,1-2H3. The van der Waals surface area contributed by atoms with Crippen molar-refractivity contribution in [2.24, 2.45) is 0 Å². The summed E-state index contributed by atoms with van der Waals surface area (Å²) >= 11 is 0. The number of benzene rings is 1. The maximum Gasteiger partial charge on any atom is 0.314 e. The van der Waals surface area contributed by atoms with Crippen LogP contribution in [0, 0.1) is 0 Å². The number of para-hydroxylation sites is 1. The van der Waals surface area contributed by atoms with Crippen LogP contribution in [-0.2, 0) is 9.53 Å². The number of carbonyl (C=O) groups is 1. The van der Waals surface area contributed by atoms with Crippen LogP contribution in [-0.4, -0.2) is 18.1 Å². The topological polar surface area (TPSA) is 39.2 Å². The summed E-state index contributed by atoms with van der Waals surface area (Å²) in [6, 6.07) is 11.7. The average molecular weight is 215 g/mol. The smallest absolute Gasteiger partial charge is 0.314 e. The van der Waals surface area contributed by atoms with Gasteiger partial charge in [-0.3, -0.25) is 9.78 Å². The van der Waals surface area contributed by atoms with E-state index in [4.69, 9.17) is 4.74 Å². The summed E-state index contributed by atoms with van der Waals surface area (Å²) in [6.07, 6.45) is 0. The summed E-state index contributed by atoms with van der Waals surface area (Å²) in [5.74, 6) is -0.586. The predicted octanol–water partition coefficient (Wildman–Crippen LogP) is 2.51. The van der Waals surface area contributed by atoms with Gasteiger partial charge < -0.3 is 4.74 Å². The molecule has 16 heavy (non-hydrogen) atoms. The molecule has 0 spiro atoms. The number of pyridine rings is 1. The Morgan fingerprint density at radius 3 is 2.75 bits per heavy atom. The van der Waals surface area contributed by atoms with Crippen LogP contribution in [0.3, 0.4) is 0 Å². The van der Waals surface area contributed by atoms with Gasteiger partial charge >= 0.3 is 5.97 Å². The van der Waals surface area contributed by atoms with Gasteiger partial charge in [0.25, 0.3) is 0 Å². The highest BCUT2D eigenvalue weighted by Crippen LogP contribution is 2.18. The minimum absolute atomic E-state index is 0.261. The van der Waals surface area contributed by atoms with Crippen molar-refractivity contribution in [1.29, 1.82) is 0 Å². The van der Waals surface area contributed by atoms with Gasteiger partial charge in [-0.1, -0.05) is 24.3 Å². The van der Waals surface area contributed by atoms with Crippen molar-refractivity contribution in [3.63, 3.8) is 0 Å². The van der Waals surface area contributed by atoms with Crippen LogP contribution >= 0.6 is 0 Å². The first-order valence-electron chi connectivity index (χ1n) is 5.16. The highest BCUT2D eigenvalue weighted by atomic mass is 16.5. The van der Waals surface area contributed by atoms with E-state index in [1.165, 1.54) is 7.11 Å². The summed E-state index contributed by atoms with van der Waals surface area (Å²) in [6.45, 7) is 1.79. The van der Waals surface area contributed by atoms with E-state index in [-0.39, 0.29) is 11.9 Å². The molecule has 82 valence electrons. The van der Waals surface area contributed by atoms with Gasteiger partial charge in [0.1, 0.15) is 0 Å². The fraction of sp³-hybridized carbons (Fsp3) is 0.231. The van der Waals surface area contributed by atoms with E-state index in [9.17, 15) is 4.79 Å². The van der Waals surface area contributed by atoms with Crippen molar-refractivity contribution in [3.8, 4) is 0 Å². The fourth-order valence-corrected chi connectivity index (χ4v) is 1.62. The molecule has 2 rings (SSSR count). The van der Waals surface area contributed by atoms with E-state index < -0.39 is 0 Å². The number of rotatable bonds is 2. The van der Waals surface area contributed by atoms with Gasteiger partial charge in [0.05, 0.1) is 24.2 Å². The van der Waals surface area contributed by atoms with Gasteiger partial charge in [0.2, 0.25) is 0 Å². The lowest BCUT2D eigenvalue weighted by Crippen LogP contribution is -2.12. The lowest BCUT2D eigenvalue weighted by Gasteiger charge is -2.09. The first kappa shape index (κ1) is 10.6. The van der Waals surface area contributed by atoms with Crippen molar-refractivity contribution in [2.45, 2.75) is 12.8 Å². The molecular weight excluding hydrogens is 202 g/mol. The van der Waals surface area contributed by atoms with Crippen molar-refractivity contribution in [2.75, 3.05) is 7.11 Å². The first-order chi connectivity index (χ1) is 7.72. The molecule has 3 nitrogen and oxygen atoms in total. The predicted molar refractivity (Wildman–Crippen MR) is 62.2 cm³/mol. The second kappa shape index (κ2) is 4.31. The lowest BCUT2D eigenvalue weighted by molar-refractivity contribution is -0.142. The Balaban J connectivity index is 2.43. The Bertz CT molecular complexity index is 522. The Hall–Kier alpha value is -1.90. The zero-order valence-electron chi connectivity index (χ0n) is 9.31. The summed E-state index contributed by atoms with van der Waals surface area (Å²) < 4.78 is 4.70. The molecule has 1 atom stereocenters. The fourth-order valence-electron chi connectivity index (χ4n) is 1.62. The molecule has 0 saturated heterocycles. The molecule has 0 fully saturated rings. The maximum absolute atomic E-state index is 11.4. The van der Waals surface area contributed by atoms with Crippen LogP contribution < -0.4 is 0 Å². The Kier molecular flexibility index (Phi) is 2.86. The number of hydrogen-bond acceptors (Lipinski definition) is 3. The number of fused-ring (bicyclic) bond motifs is 1. The summed E-state index contributed by atoms with van der Waals surface area (Å²) in [4.78, 5) is 15.8. The van der Waals surface area contributed by atoms with E-state index in [1.807, 2.05) is 36.4 Å². The number of hydrogen-bond donors (Lipinski definition) is 0. The molecule has 0 bridgehead atoms. The zero-order chi connectivity index (χ0) is 11.5. The van der Waals surface area contributed by atoms with E-state index in [1.54, 1.807) is 6.92 Å². The summed E-state index contributed by atoms with van der Waals surface area (Å²) in [7, 11) is 1.39. The molecular formula is C13H13NO2. The molecule has 1 aromatic carbocycles. The van der Waals surface area contributed by atoms with E-state index in [2.05, 4.69) is 4.98 Å². The van der Waals surface area contributed by atoms with Gasteiger partial charge in [0.15, 0.2) is 0 Å². The molecule has 0 aliphatic heterocycles. The number of esters is 1. The molecule has 0 N–H and O–H groups in total. The Morgan fingerprint density at radius 1 is 1.25 bits per heavy atom. The zero-order valence-corrected chi connectivity index (χ0v) is 9.31. The normalized spacial score (nSPS) is 12.4. The van der Waals surface area contributed by atoms with Gasteiger partial charge in [-0.25, -0.2) is 0 Å². The van der Waals surface area contributed by atoms with Gasteiger partial charge in [-0.15, -0.1) is 0 Å². The van der Waals surface area contributed by atoms with Crippen LogP contribution in [0.25, 0.3) is 10.9 Å². The summed E-state index contributed by atoms with van der Waals surface area (Å²) in [5, 5.41) is 1.07. The lowest BCUT2D eigenvalue weighted by atomic mass is 10.1. The van der Waals surface area contributed by atoms with Crippen LogP contribution in [0.4, 0.5) is 0 Å². The third kappa shape index (κ3) is 1.89. The minimum Gasteiger partial charge on any atom is -0.469 e. The monoisotopic (exact) mass is 215 g/mol. The molecule has 0 aliphatic carbocycles. The first-order valence-corrected chi connectivity index (χ1v) is 5.16. The third-order valence-corrected chi connectivity index (χ3v) is 2.62. The number of ether oxygens (including phenoxy) is 1. The molecule has 0 radical (unpaired) electrons. The van der Waals surface area contributed by atoms with Gasteiger partial charge in [-0.2, -0.15) is 0 Å². The van der Waals surface area contributed by atoms with Crippen molar-refractivity contribution >= 4 is 16.9 Å². The van der Waals surface area contributed by atoms with Crippen LogP contribution in [0.5, 0.6) is 0 Å². The van der Waals surface area contributed by atoms with Crippen LogP contribution in [0.15, 0.2) is 36.4 Å². The molecule has 1 heterocycles. The van der Waals surface area contributed by atoms with Crippen molar-refractivity contribution < 1.29 is 9.53 Å². The van der Waals surface area contributed by atoms with E-state index >= 15 is 0 Å². The van der Waals surface area contributed by atoms with Crippen molar-refractivity contribution in [3.05, 3.63) is 42.1 Å². The van der Waals surface area contributed by atoms with E-state index in [0.717, 1.165) is 16.6 Å². The average Bonchev–Trinajstić information content (AvgIpc) is 2.36. The largest absolute Gasteiger partial charge is 0.469 e. The van der Waals surface area contributed by atoms with Crippen molar-refractivity contribution in [1.82, 2.24) is 4.98 Å². The van der Waals surface area contributed by atoms with Gasteiger partial charge in [0, 0.05) is 5.39 Å². The molecule has 0 aliphatic rings. The molecule has 0 amide bonds. The quantitative estimate of drug-likeness (QED) is 0.722. The second-order valence-electron chi connectivity index (χ2n) is 3.67. The van der Waals surface area contributed by atoms with Crippen LogP contribution in [0.1, 0.15) is 18.5 Å². The molecule has 2 aromatic rings. The Labute approximate surface area is 94.1 Å².